The summed E-state index contributed by atoms with van der Waals surface area (Å²) in [6.07, 6.45) is 1.60. The number of nitro benzene ring substituents is 1. The number of methoxy groups -OCH3 is 1. The van der Waals surface area contributed by atoms with E-state index < -0.39 is 16.1 Å². The van der Waals surface area contributed by atoms with Gasteiger partial charge in [0.05, 0.1) is 28.0 Å². The Morgan fingerprint density at radius 1 is 1.14 bits per heavy atom. The summed E-state index contributed by atoms with van der Waals surface area (Å²) in [5.41, 5.74) is 1.99. The van der Waals surface area contributed by atoms with Crippen molar-refractivity contribution in [2.75, 3.05) is 7.11 Å². The maximum atomic E-state index is 12.9. The maximum absolute atomic E-state index is 12.9. The molecular formula is C25H18BrClN2O6S. The van der Waals surface area contributed by atoms with Crippen LogP contribution >= 0.6 is 39.3 Å². The average molecular weight is 590 g/mol. The monoisotopic (exact) mass is 588 g/mol. The molecule has 0 spiro atoms. The van der Waals surface area contributed by atoms with Crippen LogP contribution in [0.2, 0.25) is 5.02 Å². The lowest BCUT2D eigenvalue weighted by atomic mass is 10.1. The molecule has 8 nitrogen and oxygen atoms in total. The van der Waals surface area contributed by atoms with Gasteiger partial charge in [-0.15, -0.1) is 0 Å². The average Bonchev–Trinajstić information content (AvgIpc) is 3.11. The molecule has 0 radical (unpaired) electrons. The molecule has 1 fully saturated rings. The van der Waals surface area contributed by atoms with Crippen molar-refractivity contribution in [1.82, 2.24) is 4.90 Å². The van der Waals surface area contributed by atoms with Gasteiger partial charge in [0.2, 0.25) is 0 Å². The fourth-order valence-corrected chi connectivity index (χ4v) is 5.02. The number of ether oxygens (including phenoxy) is 2. The van der Waals surface area contributed by atoms with Crippen molar-refractivity contribution in [3.63, 3.8) is 0 Å². The molecule has 1 aliphatic rings. The van der Waals surface area contributed by atoms with Gasteiger partial charge in [-0.05, 0) is 63.1 Å². The number of halogens is 2. The summed E-state index contributed by atoms with van der Waals surface area (Å²) in [4.78, 5) is 37.1. The van der Waals surface area contributed by atoms with Gasteiger partial charge in [-0.1, -0.05) is 41.9 Å². The summed E-state index contributed by atoms with van der Waals surface area (Å²) in [5.74, 6) is 0.464. The first-order valence-electron chi connectivity index (χ1n) is 10.5. The minimum atomic E-state index is -0.508. The Bertz CT molecular complexity index is 1380. The highest BCUT2D eigenvalue weighted by molar-refractivity contribution is 9.10. The molecule has 0 aliphatic carbocycles. The van der Waals surface area contributed by atoms with E-state index in [-0.39, 0.29) is 23.7 Å². The minimum Gasteiger partial charge on any atom is -0.493 e. The van der Waals surface area contributed by atoms with Crippen LogP contribution < -0.4 is 9.47 Å². The molecule has 2 amide bonds. The number of benzene rings is 3. The molecule has 3 aromatic carbocycles. The number of carbonyl (C=O) groups excluding carboxylic acids is 2. The largest absolute Gasteiger partial charge is 0.493 e. The maximum Gasteiger partial charge on any atom is 0.293 e. The normalized spacial score (nSPS) is 14.4. The van der Waals surface area contributed by atoms with Crippen LogP contribution in [0.3, 0.4) is 0 Å². The molecule has 0 N–H and O–H groups in total. The van der Waals surface area contributed by atoms with Crippen LogP contribution in [0.4, 0.5) is 10.5 Å². The number of hydrogen-bond donors (Lipinski definition) is 0. The lowest BCUT2D eigenvalue weighted by Gasteiger charge is -2.14. The van der Waals surface area contributed by atoms with Crippen molar-refractivity contribution in [2.45, 2.75) is 13.2 Å². The van der Waals surface area contributed by atoms with Gasteiger partial charge in [-0.3, -0.25) is 24.6 Å². The van der Waals surface area contributed by atoms with Crippen molar-refractivity contribution in [2.24, 2.45) is 0 Å². The van der Waals surface area contributed by atoms with Gasteiger partial charge >= 0.3 is 0 Å². The van der Waals surface area contributed by atoms with Gasteiger partial charge in [-0.2, -0.15) is 0 Å². The highest BCUT2D eigenvalue weighted by atomic mass is 79.9. The first kappa shape index (κ1) is 25.7. The molecule has 0 unspecified atom stereocenters. The zero-order chi connectivity index (χ0) is 25.8. The molecule has 0 aromatic heterocycles. The second-order valence-corrected chi connectivity index (χ2v) is 9.86. The fraction of sp³-hybridized carbons (Fsp3) is 0.120. The van der Waals surface area contributed by atoms with Crippen molar-refractivity contribution in [1.29, 1.82) is 0 Å². The standard InChI is InChI=1S/C25H18BrClN2O6S/c1-34-21-11-16(10-19(26)23(21)35-14-17-4-2-3-5-20(17)27)12-22-24(30)28(25(31)36-22)13-15-6-8-18(9-7-15)29(32)33/h2-12H,13-14H2,1H3. The summed E-state index contributed by atoms with van der Waals surface area (Å²) in [6.45, 7) is 0.247. The molecule has 184 valence electrons. The Morgan fingerprint density at radius 2 is 1.86 bits per heavy atom. The van der Waals surface area contributed by atoms with E-state index in [0.717, 1.165) is 22.2 Å². The third-order valence-corrected chi connectivity index (χ3v) is 7.11. The Labute approximate surface area is 224 Å². The van der Waals surface area contributed by atoms with Crippen molar-refractivity contribution in [3.8, 4) is 11.5 Å². The third kappa shape index (κ3) is 5.72. The van der Waals surface area contributed by atoms with E-state index in [1.54, 1.807) is 24.3 Å². The van der Waals surface area contributed by atoms with Crippen LogP contribution in [0, 0.1) is 10.1 Å². The number of amides is 2. The van der Waals surface area contributed by atoms with E-state index >= 15 is 0 Å². The summed E-state index contributed by atoms with van der Waals surface area (Å²) in [6, 6.07) is 16.5. The molecule has 4 rings (SSSR count). The molecule has 3 aromatic rings. The predicted octanol–water partition coefficient (Wildman–Crippen LogP) is 6.83. The number of rotatable bonds is 8. The molecule has 36 heavy (non-hydrogen) atoms. The molecule has 1 aliphatic heterocycles. The third-order valence-electron chi connectivity index (χ3n) is 5.24. The zero-order valence-electron chi connectivity index (χ0n) is 18.8. The van der Waals surface area contributed by atoms with Gasteiger partial charge < -0.3 is 9.47 Å². The first-order valence-corrected chi connectivity index (χ1v) is 12.5. The van der Waals surface area contributed by atoms with E-state index in [1.165, 1.54) is 31.4 Å². The molecule has 0 saturated carbocycles. The molecule has 11 heteroatoms. The molecule has 1 heterocycles. The van der Waals surface area contributed by atoms with Crippen LogP contribution in [0.25, 0.3) is 6.08 Å². The van der Waals surface area contributed by atoms with Gasteiger partial charge in [0.15, 0.2) is 11.5 Å². The van der Waals surface area contributed by atoms with Gasteiger partial charge in [0, 0.05) is 22.7 Å². The number of carbonyl (C=O) groups is 2. The van der Waals surface area contributed by atoms with Gasteiger partial charge in [0.25, 0.3) is 16.8 Å². The van der Waals surface area contributed by atoms with Crippen LogP contribution in [0.1, 0.15) is 16.7 Å². The number of imide groups is 1. The Morgan fingerprint density at radius 3 is 2.53 bits per heavy atom. The quantitative estimate of drug-likeness (QED) is 0.161. The second-order valence-electron chi connectivity index (χ2n) is 7.61. The van der Waals surface area contributed by atoms with E-state index in [4.69, 9.17) is 21.1 Å². The highest BCUT2D eigenvalue weighted by Crippen LogP contribution is 2.40. The Kier molecular flexibility index (Phi) is 7.97. The van der Waals surface area contributed by atoms with Crippen LogP contribution in [0.15, 0.2) is 70.0 Å². The SMILES string of the molecule is COc1cc(C=C2SC(=O)N(Cc3ccc([N+](=O)[O-])cc3)C2=O)cc(Br)c1OCc1ccccc1Cl. The molecule has 1 saturated heterocycles. The number of thioether (sulfide) groups is 1. The Hall–Kier alpha value is -3.34. The number of nitro groups is 1. The Balaban J connectivity index is 1.52. The predicted molar refractivity (Wildman–Crippen MR) is 141 cm³/mol. The minimum absolute atomic E-state index is 0.0157. The smallest absolute Gasteiger partial charge is 0.293 e. The summed E-state index contributed by atoms with van der Waals surface area (Å²) < 4.78 is 12.0. The summed E-state index contributed by atoms with van der Waals surface area (Å²) in [5, 5.41) is 11.0. The lowest BCUT2D eigenvalue weighted by Crippen LogP contribution is -2.27. The number of nitrogens with zero attached hydrogens (tertiary/aromatic N) is 2. The molecule has 0 bridgehead atoms. The summed E-state index contributed by atoms with van der Waals surface area (Å²) >= 11 is 10.5. The first-order chi connectivity index (χ1) is 17.3. The van der Waals surface area contributed by atoms with Crippen LogP contribution in [-0.4, -0.2) is 28.1 Å². The lowest BCUT2D eigenvalue weighted by molar-refractivity contribution is -0.384. The van der Waals surface area contributed by atoms with Crippen molar-refractivity contribution in [3.05, 3.63) is 102 Å². The van der Waals surface area contributed by atoms with Gasteiger partial charge in [-0.25, -0.2) is 0 Å². The van der Waals surface area contributed by atoms with E-state index in [0.29, 0.717) is 32.1 Å². The topological polar surface area (TPSA) is 99.0 Å². The number of hydrogen-bond acceptors (Lipinski definition) is 7. The highest BCUT2D eigenvalue weighted by Gasteiger charge is 2.35. The molecule has 0 atom stereocenters. The second kappa shape index (κ2) is 11.2. The van der Waals surface area contributed by atoms with Crippen LogP contribution in [-0.2, 0) is 17.9 Å². The van der Waals surface area contributed by atoms with E-state index in [9.17, 15) is 19.7 Å². The number of non-ortho nitro benzene ring substituents is 1. The van der Waals surface area contributed by atoms with Crippen molar-refractivity contribution >= 4 is 62.2 Å². The van der Waals surface area contributed by atoms with Gasteiger partial charge in [0.1, 0.15) is 6.61 Å². The molecular weight excluding hydrogens is 572 g/mol. The summed E-state index contributed by atoms with van der Waals surface area (Å²) in [7, 11) is 1.51. The van der Waals surface area contributed by atoms with E-state index in [2.05, 4.69) is 15.9 Å². The van der Waals surface area contributed by atoms with E-state index in [1.807, 2.05) is 18.2 Å². The van der Waals surface area contributed by atoms with Crippen molar-refractivity contribution < 1.29 is 24.0 Å². The fourth-order valence-electron chi connectivity index (χ4n) is 3.42. The zero-order valence-corrected chi connectivity index (χ0v) is 21.9. The van der Waals surface area contributed by atoms with Crippen LogP contribution in [0.5, 0.6) is 11.5 Å².